The Morgan fingerprint density at radius 1 is 1.38 bits per heavy atom. The van der Waals surface area contributed by atoms with Crippen molar-refractivity contribution in [1.29, 1.82) is 0 Å². The van der Waals surface area contributed by atoms with Gasteiger partial charge in [0.2, 0.25) is 5.65 Å². The molecule has 0 amide bonds. The molecule has 0 radical (unpaired) electrons. The van der Waals surface area contributed by atoms with Gasteiger partial charge in [0.05, 0.1) is 16.0 Å². The molecule has 0 aliphatic heterocycles. The number of nitro groups is 1. The highest BCUT2D eigenvalue weighted by atomic mass is 19.4. The third-order valence-electron chi connectivity index (χ3n) is 3.09. The summed E-state index contributed by atoms with van der Waals surface area (Å²) >= 11 is 0. The van der Waals surface area contributed by atoms with E-state index in [0.29, 0.717) is 16.6 Å². The van der Waals surface area contributed by atoms with E-state index >= 15 is 0 Å². The fraction of sp³-hybridized carbons (Fsp3) is 0.0909. The molecule has 0 fully saturated rings. The molecule has 0 aliphatic carbocycles. The number of aromatic carboxylic acids is 1. The topological polar surface area (TPSA) is 143 Å². The van der Waals surface area contributed by atoms with Crippen molar-refractivity contribution in [2.75, 3.05) is 0 Å². The molecule has 10 nitrogen and oxygen atoms in total. The van der Waals surface area contributed by atoms with E-state index in [1.165, 1.54) is 0 Å². The summed E-state index contributed by atoms with van der Waals surface area (Å²) < 4.78 is 39.5. The molecule has 124 valence electrons. The summed E-state index contributed by atoms with van der Waals surface area (Å²) in [4.78, 5) is 37.9. The van der Waals surface area contributed by atoms with Crippen LogP contribution in [0.2, 0.25) is 0 Å². The summed E-state index contributed by atoms with van der Waals surface area (Å²) in [7, 11) is 0. The van der Waals surface area contributed by atoms with Gasteiger partial charge in [-0.3, -0.25) is 14.9 Å². The maximum Gasteiger partial charge on any atom is 0.423 e. The first kappa shape index (κ1) is 15.4. The molecule has 0 aliphatic rings. The number of alkyl halides is 3. The van der Waals surface area contributed by atoms with Crippen LogP contribution in [0.5, 0.6) is 0 Å². The van der Waals surface area contributed by atoms with Crippen molar-refractivity contribution in [2.45, 2.75) is 6.18 Å². The van der Waals surface area contributed by atoms with Crippen molar-refractivity contribution in [3.8, 4) is 0 Å². The van der Waals surface area contributed by atoms with Crippen molar-refractivity contribution >= 4 is 28.3 Å². The van der Waals surface area contributed by atoms with E-state index in [-0.39, 0.29) is 5.52 Å². The molecule has 3 rings (SSSR count). The van der Waals surface area contributed by atoms with E-state index in [0.717, 1.165) is 0 Å². The van der Waals surface area contributed by atoms with Crippen molar-refractivity contribution < 1.29 is 28.0 Å². The zero-order valence-electron chi connectivity index (χ0n) is 11.2. The number of nitrogens with one attached hydrogen (secondary N) is 1. The van der Waals surface area contributed by atoms with E-state index in [1.54, 1.807) is 0 Å². The number of hydrogen-bond acceptors (Lipinski definition) is 6. The normalized spacial score (nSPS) is 12.0. The van der Waals surface area contributed by atoms with Crippen LogP contribution >= 0.6 is 0 Å². The minimum absolute atomic E-state index is 0.302. The third kappa shape index (κ3) is 2.22. The Hall–Kier alpha value is -3.51. The van der Waals surface area contributed by atoms with Crippen LogP contribution in [0.15, 0.2) is 16.9 Å². The zero-order valence-corrected chi connectivity index (χ0v) is 11.2. The van der Waals surface area contributed by atoms with Gasteiger partial charge in [0, 0.05) is 6.07 Å². The molecule has 1 aromatic carbocycles. The van der Waals surface area contributed by atoms with Gasteiger partial charge < -0.3 is 10.1 Å². The van der Waals surface area contributed by atoms with Crippen molar-refractivity contribution in [3.63, 3.8) is 0 Å². The molecule has 2 aromatic heterocycles. The first-order chi connectivity index (χ1) is 11.1. The highest BCUT2D eigenvalue weighted by molar-refractivity contribution is 5.85. The van der Waals surface area contributed by atoms with Crippen LogP contribution in [0.4, 0.5) is 18.9 Å². The first-order valence-electron chi connectivity index (χ1n) is 6.01. The van der Waals surface area contributed by atoms with Crippen LogP contribution in [0.1, 0.15) is 16.2 Å². The Bertz CT molecular complexity index is 1080. The predicted octanol–water partition coefficient (Wildman–Crippen LogP) is 1.20. The number of nitrogens with zero attached hydrogens (tertiary/aromatic N) is 4. The van der Waals surface area contributed by atoms with Crippen LogP contribution < -0.4 is 5.56 Å². The second-order valence-electron chi connectivity index (χ2n) is 4.57. The number of H-pyrrole nitrogens is 1. The molecular formula is C11H4F3N5O5. The van der Waals surface area contributed by atoms with Gasteiger partial charge in [-0.2, -0.15) is 18.2 Å². The first-order valence-corrected chi connectivity index (χ1v) is 6.01. The Morgan fingerprint density at radius 3 is 2.58 bits per heavy atom. The molecule has 24 heavy (non-hydrogen) atoms. The summed E-state index contributed by atoms with van der Waals surface area (Å²) in [5.74, 6) is -2.36. The summed E-state index contributed by atoms with van der Waals surface area (Å²) in [5.41, 5.74) is -5.06. The monoisotopic (exact) mass is 343 g/mol. The highest BCUT2D eigenvalue weighted by Crippen LogP contribution is 2.37. The minimum Gasteiger partial charge on any atom is -0.475 e. The van der Waals surface area contributed by atoms with E-state index in [2.05, 4.69) is 15.1 Å². The molecule has 0 unspecified atom stereocenters. The van der Waals surface area contributed by atoms with Crippen molar-refractivity contribution in [1.82, 2.24) is 19.6 Å². The summed E-state index contributed by atoms with van der Waals surface area (Å²) in [6, 6.07) is 0.928. The number of aromatic amines is 1. The highest BCUT2D eigenvalue weighted by Gasteiger charge is 2.39. The number of hydrogen-bond donors (Lipinski definition) is 2. The molecule has 0 saturated carbocycles. The lowest BCUT2D eigenvalue weighted by Crippen LogP contribution is -2.14. The average molecular weight is 343 g/mol. The molecule has 13 heteroatoms. The van der Waals surface area contributed by atoms with Gasteiger partial charge in [-0.05, 0) is 6.07 Å². The van der Waals surface area contributed by atoms with E-state index in [9.17, 15) is 32.9 Å². The molecule has 0 spiro atoms. The lowest BCUT2D eigenvalue weighted by Gasteiger charge is -2.09. The lowest BCUT2D eigenvalue weighted by molar-refractivity contribution is -0.387. The number of carboxylic acids is 1. The average Bonchev–Trinajstić information content (AvgIpc) is 2.91. The Labute approximate surface area is 127 Å². The van der Waals surface area contributed by atoms with Gasteiger partial charge in [0.25, 0.3) is 17.1 Å². The van der Waals surface area contributed by atoms with Gasteiger partial charge in [-0.15, -0.1) is 5.10 Å². The van der Waals surface area contributed by atoms with E-state index in [1.807, 2.05) is 0 Å². The Balaban J connectivity index is 2.50. The number of nitro benzene ring substituents is 1. The maximum absolute atomic E-state index is 13.0. The van der Waals surface area contributed by atoms with Crippen molar-refractivity contribution in [3.05, 3.63) is 44.0 Å². The van der Waals surface area contributed by atoms with Crippen molar-refractivity contribution in [2.24, 2.45) is 0 Å². The predicted molar refractivity (Wildman–Crippen MR) is 69.7 cm³/mol. The van der Waals surface area contributed by atoms with Gasteiger partial charge in [-0.25, -0.2) is 9.31 Å². The zero-order chi connectivity index (χ0) is 17.8. The number of carboxylic acid groups (broad SMARTS) is 1. The maximum atomic E-state index is 13.0. The van der Waals surface area contributed by atoms with Crippen LogP contribution in [-0.4, -0.2) is 35.6 Å². The van der Waals surface area contributed by atoms with E-state index < -0.39 is 50.9 Å². The van der Waals surface area contributed by atoms with Crippen LogP contribution in [-0.2, 0) is 6.18 Å². The third-order valence-corrected chi connectivity index (χ3v) is 3.09. The summed E-state index contributed by atoms with van der Waals surface area (Å²) in [5, 5.41) is 23.2. The molecule has 0 atom stereocenters. The number of aromatic nitrogens is 4. The molecule has 2 heterocycles. The second-order valence-corrected chi connectivity index (χ2v) is 4.57. The fourth-order valence-corrected chi connectivity index (χ4v) is 2.13. The fourth-order valence-electron chi connectivity index (χ4n) is 2.13. The van der Waals surface area contributed by atoms with Gasteiger partial charge >= 0.3 is 12.1 Å². The van der Waals surface area contributed by atoms with Gasteiger partial charge in [-0.1, -0.05) is 0 Å². The largest absolute Gasteiger partial charge is 0.475 e. The Kier molecular flexibility index (Phi) is 3.04. The molecule has 2 N–H and O–H groups in total. The smallest absolute Gasteiger partial charge is 0.423 e. The molecule has 0 bridgehead atoms. The standard InChI is InChI=1S/C11H4F3N5O5/c12-11(13,14)3-1-4-6(2-5(3)19(23)24)18-8(9(20)15-4)16-7(17-18)10(21)22/h1-2H,(H,15,20)(H,21,22). The molecule has 0 saturated heterocycles. The second kappa shape index (κ2) is 4.74. The van der Waals surface area contributed by atoms with Gasteiger partial charge in [0.15, 0.2) is 0 Å². The summed E-state index contributed by atoms with van der Waals surface area (Å²) in [6.45, 7) is 0. The summed E-state index contributed by atoms with van der Waals surface area (Å²) in [6.07, 6.45) is -5.03. The molecule has 3 aromatic rings. The van der Waals surface area contributed by atoms with Crippen LogP contribution in [0, 0.1) is 10.1 Å². The Morgan fingerprint density at radius 2 is 2.04 bits per heavy atom. The SMILES string of the molecule is O=C(O)c1nc2c(=O)[nH]c3cc(C(F)(F)F)c([N+](=O)[O-])cc3n2n1. The quantitative estimate of drug-likeness (QED) is 0.525. The number of fused-ring (bicyclic) bond motifs is 3. The van der Waals surface area contributed by atoms with Crippen LogP contribution in [0.25, 0.3) is 16.7 Å². The van der Waals surface area contributed by atoms with Crippen LogP contribution in [0.3, 0.4) is 0 Å². The number of carbonyl (C=O) groups is 1. The minimum atomic E-state index is -5.03. The molecular weight excluding hydrogens is 339 g/mol. The number of rotatable bonds is 2. The van der Waals surface area contributed by atoms with Gasteiger partial charge in [0.1, 0.15) is 5.56 Å². The lowest BCUT2D eigenvalue weighted by atomic mass is 10.1. The van der Waals surface area contributed by atoms with E-state index in [4.69, 9.17) is 5.11 Å². The number of benzene rings is 1. The number of halogens is 3.